The molecule has 0 unspecified atom stereocenters. The summed E-state index contributed by atoms with van der Waals surface area (Å²) in [7, 11) is 1.66. The first-order valence-electron chi connectivity index (χ1n) is 4.85. The number of hydrogen-bond acceptors (Lipinski definition) is 7. The Bertz CT molecular complexity index is 412. The number of methoxy groups -OCH3 is 1. The fourth-order valence-corrected chi connectivity index (χ4v) is 2.88. The van der Waals surface area contributed by atoms with Crippen LogP contribution in [0.2, 0.25) is 0 Å². The van der Waals surface area contributed by atoms with Gasteiger partial charge in [-0.15, -0.1) is 21.5 Å². The second-order valence-electron chi connectivity index (χ2n) is 2.99. The molecule has 0 fully saturated rings. The van der Waals surface area contributed by atoms with Crippen LogP contribution in [0.5, 0.6) is 0 Å². The molecule has 0 atom stereocenters. The average Bonchev–Trinajstić information content (AvgIpc) is 2.87. The maximum Gasteiger partial charge on any atom is 0.206 e. The lowest BCUT2D eigenvalue weighted by Crippen LogP contribution is -1.94. The van der Waals surface area contributed by atoms with E-state index in [0.717, 1.165) is 26.6 Å². The van der Waals surface area contributed by atoms with Crippen LogP contribution in [0.4, 0.5) is 5.13 Å². The third kappa shape index (κ3) is 2.55. The zero-order valence-corrected chi connectivity index (χ0v) is 10.7. The van der Waals surface area contributed by atoms with Crippen molar-refractivity contribution < 1.29 is 4.74 Å². The lowest BCUT2D eigenvalue weighted by Gasteiger charge is -1.91. The quantitative estimate of drug-likeness (QED) is 0.889. The fraction of sp³-hybridized carbons (Fsp3) is 0.444. The molecule has 16 heavy (non-hydrogen) atoms. The van der Waals surface area contributed by atoms with Gasteiger partial charge in [-0.1, -0.05) is 11.3 Å². The Hall–Kier alpha value is -1.05. The molecule has 2 aromatic rings. The maximum absolute atomic E-state index is 5.02. The number of rotatable bonds is 5. The summed E-state index contributed by atoms with van der Waals surface area (Å²) in [6.07, 6.45) is 1.81. The molecule has 0 bridgehead atoms. The highest BCUT2D eigenvalue weighted by Crippen LogP contribution is 2.30. The van der Waals surface area contributed by atoms with Crippen molar-refractivity contribution in [3.05, 3.63) is 11.2 Å². The molecule has 2 heterocycles. The molecule has 0 aliphatic rings. The normalized spacial score (nSPS) is 10.6. The van der Waals surface area contributed by atoms with Crippen LogP contribution >= 0.6 is 22.7 Å². The fourth-order valence-electron chi connectivity index (χ4n) is 1.14. The monoisotopic (exact) mass is 256 g/mol. The highest BCUT2D eigenvalue weighted by molar-refractivity contribution is 7.23. The molecule has 0 saturated carbocycles. The van der Waals surface area contributed by atoms with Crippen molar-refractivity contribution in [1.82, 2.24) is 15.2 Å². The van der Waals surface area contributed by atoms with Crippen LogP contribution in [0, 0.1) is 0 Å². The van der Waals surface area contributed by atoms with E-state index < -0.39 is 0 Å². The molecule has 0 saturated heterocycles. The van der Waals surface area contributed by atoms with Gasteiger partial charge in [-0.25, -0.2) is 4.98 Å². The first kappa shape index (κ1) is 11.4. The SMILES string of the molecule is CCNc1nnc(-c2cnc(COC)s2)s1. The Labute approximate surface area is 102 Å². The summed E-state index contributed by atoms with van der Waals surface area (Å²) in [5.41, 5.74) is 0. The van der Waals surface area contributed by atoms with Gasteiger partial charge in [-0.2, -0.15) is 0 Å². The van der Waals surface area contributed by atoms with Crippen molar-refractivity contribution in [3.8, 4) is 9.88 Å². The lowest BCUT2D eigenvalue weighted by molar-refractivity contribution is 0.184. The second kappa shape index (κ2) is 5.33. The Morgan fingerprint density at radius 1 is 1.38 bits per heavy atom. The van der Waals surface area contributed by atoms with Gasteiger partial charge in [0.05, 0.1) is 11.5 Å². The zero-order valence-electron chi connectivity index (χ0n) is 9.06. The van der Waals surface area contributed by atoms with Crippen LogP contribution in [0.3, 0.4) is 0 Å². The second-order valence-corrected chi connectivity index (χ2v) is 5.09. The van der Waals surface area contributed by atoms with Crippen LogP contribution in [0.1, 0.15) is 11.9 Å². The van der Waals surface area contributed by atoms with Crippen LogP contribution in [0.15, 0.2) is 6.20 Å². The summed E-state index contributed by atoms with van der Waals surface area (Å²) in [6.45, 7) is 3.43. The van der Waals surface area contributed by atoms with E-state index in [1.807, 2.05) is 13.1 Å². The average molecular weight is 256 g/mol. The van der Waals surface area contributed by atoms with Crippen LogP contribution in [-0.2, 0) is 11.3 Å². The Balaban J connectivity index is 2.14. The maximum atomic E-state index is 5.02. The van der Waals surface area contributed by atoms with Crippen LogP contribution in [-0.4, -0.2) is 28.8 Å². The molecule has 5 nitrogen and oxygen atoms in total. The van der Waals surface area contributed by atoms with E-state index in [4.69, 9.17) is 4.74 Å². The van der Waals surface area contributed by atoms with E-state index in [9.17, 15) is 0 Å². The van der Waals surface area contributed by atoms with Crippen molar-refractivity contribution in [3.63, 3.8) is 0 Å². The van der Waals surface area contributed by atoms with Crippen molar-refractivity contribution in [1.29, 1.82) is 0 Å². The van der Waals surface area contributed by atoms with Crippen LogP contribution < -0.4 is 5.32 Å². The van der Waals surface area contributed by atoms with Crippen molar-refractivity contribution in [2.45, 2.75) is 13.5 Å². The Morgan fingerprint density at radius 3 is 3.00 bits per heavy atom. The smallest absolute Gasteiger partial charge is 0.206 e. The Kier molecular flexibility index (Phi) is 3.81. The largest absolute Gasteiger partial charge is 0.378 e. The van der Waals surface area contributed by atoms with Gasteiger partial charge < -0.3 is 10.1 Å². The molecule has 0 radical (unpaired) electrons. The number of anilines is 1. The molecule has 0 aromatic carbocycles. The van der Waals surface area contributed by atoms with Gasteiger partial charge in [0.1, 0.15) is 5.01 Å². The number of hydrogen-bond donors (Lipinski definition) is 1. The number of thiazole rings is 1. The van der Waals surface area contributed by atoms with Gasteiger partial charge in [0.2, 0.25) is 5.13 Å². The standard InChI is InChI=1S/C9H12N4OS2/c1-3-10-9-13-12-8(16-9)6-4-11-7(15-6)5-14-2/h4H,3,5H2,1-2H3,(H,10,13). The predicted molar refractivity (Wildman–Crippen MR) is 65.9 cm³/mol. The van der Waals surface area contributed by atoms with E-state index in [-0.39, 0.29) is 0 Å². The first-order chi connectivity index (χ1) is 7.83. The molecule has 1 N–H and O–H groups in total. The third-order valence-electron chi connectivity index (χ3n) is 1.79. The minimum Gasteiger partial charge on any atom is -0.378 e. The summed E-state index contributed by atoms with van der Waals surface area (Å²) in [5.74, 6) is 0. The van der Waals surface area contributed by atoms with Gasteiger partial charge in [0.25, 0.3) is 0 Å². The molecule has 0 spiro atoms. The molecule has 0 amide bonds. The van der Waals surface area contributed by atoms with Crippen LogP contribution in [0.25, 0.3) is 9.88 Å². The molecule has 86 valence electrons. The molecule has 2 aromatic heterocycles. The number of ether oxygens (including phenoxy) is 1. The molecular formula is C9H12N4OS2. The number of nitrogens with one attached hydrogen (secondary N) is 1. The summed E-state index contributed by atoms with van der Waals surface area (Å²) in [5, 5.41) is 14.0. The van der Waals surface area contributed by atoms with E-state index in [1.54, 1.807) is 18.4 Å². The van der Waals surface area contributed by atoms with E-state index in [1.165, 1.54) is 11.3 Å². The minimum atomic E-state index is 0.545. The van der Waals surface area contributed by atoms with Crippen molar-refractivity contribution in [2.75, 3.05) is 19.0 Å². The predicted octanol–water partition coefficient (Wildman–Crippen LogP) is 2.24. The van der Waals surface area contributed by atoms with E-state index in [2.05, 4.69) is 20.5 Å². The molecule has 0 aliphatic carbocycles. The van der Waals surface area contributed by atoms with Gasteiger partial charge >= 0.3 is 0 Å². The lowest BCUT2D eigenvalue weighted by atomic mass is 10.6. The van der Waals surface area contributed by atoms with Gasteiger partial charge in [0.15, 0.2) is 5.01 Å². The summed E-state index contributed by atoms with van der Waals surface area (Å²) < 4.78 is 5.02. The highest BCUT2D eigenvalue weighted by atomic mass is 32.1. The minimum absolute atomic E-state index is 0.545. The number of aromatic nitrogens is 3. The first-order valence-corrected chi connectivity index (χ1v) is 6.48. The summed E-state index contributed by atoms with van der Waals surface area (Å²) in [4.78, 5) is 5.29. The molecule has 0 aliphatic heterocycles. The zero-order chi connectivity index (χ0) is 11.4. The topological polar surface area (TPSA) is 59.9 Å². The van der Waals surface area contributed by atoms with Gasteiger partial charge in [0, 0.05) is 19.9 Å². The van der Waals surface area contributed by atoms with E-state index in [0.29, 0.717) is 6.61 Å². The molecular weight excluding hydrogens is 244 g/mol. The summed E-state index contributed by atoms with van der Waals surface area (Å²) in [6, 6.07) is 0. The highest BCUT2D eigenvalue weighted by Gasteiger charge is 2.09. The number of nitrogens with zero attached hydrogens (tertiary/aromatic N) is 3. The molecule has 2 rings (SSSR count). The molecule has 7 heteroatoms. The van der Waals surface area contributed by atoms with Gasteiger partial charge in [-0.3, -0.25) is 0 Å². The van der Waals surface area contributed by atoms with Crippen molar-refractivity contribution in [2.24, 2.45) is 0 Å². The third-order valence-corrected chi connectivity index (χ3v) is 3.81. The Morgan fingerprint density at radius 2 is 2.25 bits per heavy atom. The van der Waals surface area contributed by atoms with Gasteiger partial charge in [-0.05, 0) is 6.92 Å². The van der Waals surface area contributed by atoms with E-state index >= 15 is 0 Å². The summed E-state index contributed by atoms with van der Waals surface area (Å²) >= 11 is 3.12. The van der Waals surface area contributed by atoms with Crippen molar-refractivity contribution >= 4 is 27.8 Å².